The molecule has 6 nitrogen and oxygen atoms in total. The van der Waals surface area contributed by atoms with E-state index in [2.05, 4.69) is 6.92 Å². The fourth-order valence-corrected chi connectivity index (χ4v) is 5.14. The van der Waals surface area contributed by atoms with Crippen molar-refractivity contribution in [3.8, 4) is 0 Å². The molecule has 0 N–H and O–H groups in total. The largest absolute Gasteiger partial charge is 0.465 e. The summed E-state index contributed by atoms with van der Waals surface area (Å²) in [5, 5.41) is 0. The zero-order valence-electron chi connectivity index (χ0n) is 13.4. The van der Waals surface area contributed by atoms with E-state index in [4.69, 9.17) is 24.0 Å². The summed E-state index contributed by atoms with van der Waals surface area (Å²) in [6, 6.07) is 0. The summed E-state index contributed by atoms with van der Waals surface area (Å²) in [5.41, 5.74) is -1.19. The maximum absolute atomic E-state index is 10.6. The summed E-state index contributed by atoms with van der Waals surface area (Å²) in [6.45, 7) is 6.84. The molecule has 5 aliphatic rings. The molecule has 7 atom stereocenters. The minimum atomic E-state index is -0.756. The first-order chi connectivity index (χ1) is 10.4. The predicted octanol–water partition coefficient (Wildman–Crippen LogP) is 2.16. The van der Waals surface area contributed by atoms with Crippen LogP contribution in [0.15, 0.2) is 0 Å². The van der Waals surface area contributed by atoms with Crippen LogP contribution in [0.2, 0.25) is 0 Å². The number of hydrogen-bond acceptors (Lipinski definition) is 6. The zero-order chi connectivity index (χ0) is 15.6. The van der Waals surface area contributed by atoms with Gasteiger partial charge in [0.1, 0.15) is 12.2 Å². The lowest BCUT2D eigenvalue weighted by Gasteiger charge is -2.50. The van der Waals surface area contributed by atoms with E-state index in [1.165, 1.54) is 0 Å². The highest BCUT2D eigenvalue weighted by atomic mass is 17.3. The van der Waals surface area contributed by atoms with Gasteiger partial charge in [-0.15, -0.1) is 0 Å². The highest BCUT2D eigenvalue weighted by Gasteiger charge is 2.74. The Labute approximate surface area is 130 Å². The molecule has 0 radical (unpaired) electrons. The molecule has 0 aromatic carbocycles. The van der Waals surface area contributed by atoms with Crippen LogP contribution in [-0.2, 0) is 28.8 Å². The van der Waals surface area contributed by atoms with Crippen molar-refractivity contribution in [2.75, 3.05) is 6.61 Å². The maximum Gasteiger partial charge on any atom is 0.293 e. The van der Waals surface area contributed by atoms with Crippen molar-refractivity contribution >= 4 is 6.47 Å². The molecule has 2 bridgehead atoms. The number of rotatable bonds is 3. The van der Waals surface area contributed by atoms with E-state index in [0.717, 1.165) is 25.7 Å². The molecule has 0 aromatic heterocycles. The topological polar surface area (TPSA) is 63.2 Å². The Bertz CT molecular complexity index is 483. The summed E-state index contributed by atoms with van der Waals surface area (Å²) in [6.07, 6.45) is 3.41. The van der Waals surface area contributed by atoms with E-state index in [-0.39, 0.29) is 12.5 Å². The Morgan fingerprint density at radius 2 is 2.00 bits per heavy atom. The molecule has 0 aromatic rings. The Morgan fingerprint density at radius 3 is 2.77 bits per heavy atom. The molecule has 1 aliphatic carbocycles. The van der Waals surface area contributed by atoms with Gasteiger partial charge in [-0.3, -0.25) is 4.79 Å². The van der Waals surface area contributed by atoms with E-state index >= 15 is 0 Å². The van der Waals surface area contributed by atoms with E-state index in [0.29, 0.717) is 18.3 Å². The maximum atomic E-state index is 10.6. The lowest BCUT2D eigenvalue weighted by Crippen LogP contribution is -2.62. The van der Waals surface area contributed by atoms with Crippen LogP contribution in [0, 0.1) is 17.8 Å². The Morgan fingerprint density at radius 1 is 1.18 bits per heavy atom. The number of ether oxygens (including phenoxy) is 3. The first kappa shape index (κ1) is 14.9. The SMILES string of the molecule is C[C@@H]1CC[C@@H]2[C@]34OO[C@@](C)(CCC13)O[C@H]4O[C@]2(C)COC=O. The molecule has 4 heterocycles. The quantitative estimate of drug-likeness (QED) is 0.588. The minimum absolute atomic E-state index is 0.0915. The lowest BCUT2D eigenvalue weighted by molar-refractivity contribution is -0.541. The van der Waals surface area contributed by atoms with Crippen molar-refractivity contribution < 1.29 is 28.8 Å². The molecule has 0 amide bonds. The van der Waals surface area contributed by atoms with Crippen LogP contribution < -0.4 is 0 Å². The Hall–Kier alpha value is -0.690. The highest BCUT2D eigenvalue weighted by molar-refractivity contribution is 5.37. The van der Waals surface area contributed by atoms with Crippen molar-refractivity contribution in [2.24, 2.45) is 17.8 Å². The van der Waals surface area contributed by atoms with Gasteiger partial charge in [-0.1, -0.05) is 6.92 Å². The first-order valence-corrected chi connectivity index (χ1v) is 8.21. The number of carbonyl (C=O) groups excluding carboxylic acids is 1. The van der Waals surface area contributed by atoms with Crippen molar-refractivity contribution in [1.29, 1.82) is 0 Å². The Kier molecular flexibility index (Phi) is 3.15. The summed E-state index contributed by atoms with van der Waals surface area (Å²) in [7, 11) is 0. The third-order valence-corrected chi connectivity index (χ3v) is 6.27. The van der Waals surface area contributed by atoms with Gasteiger partial charge in [0.05, 0.1) is 0 Å². The van der Waals surface area contributed by atoms with Gasteiger partial charge in [-0.2, -0.15) is 0 Å². The molecule has 4 saturated heterocycles. The molecule has 22 heavy (non-hydrogen) atoms. The van der Waals surface area contributed by atoms with Gasteiger partial charge in [0.15, 0.2) is 11.9 Å². The van der Waals surface area contributed by atoms with E-state index in [9.17, 15) is 4.79 Å². The van der Waals surface area contributed by atoms with Gasteiger partial charge in [-0.05, 0) is 44.9 Å². The van der Waals surface area contributed by atoms with Crippen LogP contribution in [0.4, 0.5) is 0 Å². The van der Waals surface area contributed by atoms with Crippen molar-refractivity contribution in [2.45, 2.75) is 69.7 Å². The number of hydrogen-bond donors (Lipinski definition) is 0. The van der Waals surface area contributed by atoms with E-state index in [1.807, 2.05) is 13.8 Å². The lowest BCUT2D eigenvalue weighted by atomic mass is 9.60. The molecule has 6 heteroatoms. The zero-order valence-corrected chi connectivity index (χ0v) is 13.4. The first-order valence-electron chi connectivity index (χ1n) is 8.21. The summed E-state index contributed by atoms with van der Waals surface area (Å²) < 4.78 is 17.5. The molecular formula is C16H24O6. The highest BCUT2D eigenvalue weighted by Crippen LogP contribution is 2.63. The molecule has 5 rings (SSSR count). The number of carbonyl (C=O) groups is 1. The van der Waals surface area contributed by atoms with E-state index in [1.54, 1.807) is 0 Å². The van der Waals surface area contributed by atoms with Crippen LogP contribution in [0.3, 0.4) is 0 Å². The molecule has 5 fully saturated rings. The molecule has 1 unspecified atom stereocenters. The van der Waals surface area contributed by atoms with Gasteiger partial charge in [0.25, 0.3) is 6.47 Å². The van der Waals surface area contributed by atoms with Crippen molar-refractivity contribution in [3.05, 3.63) is 0 Å². The fraction of sp³-hybridized carbons (Fsp3) is 0.938. The van der Waals surface area contributed by atoms with Gasteiger partial charge in [0, 0.05) is 12.3 Å². The number of fused-ring (bicyclic) bond motifs is 2. The van der Waals surface area contributed by atoms with Crippen LogP contribution in [0.5, 0.6) is 0 Å². The third kappa shape index (κ3) is 1.78. The Balaban J connectivity index is 1.76. The molecule has 1 spiro atoms. The predicted molar refractivity (Wildman–Crippen MR) is 74.3 cm³/mol. The second-order valence-corrected chi connectivity index (χ2v) is 7.69. The van der Waals surface area contributed by atoms with Crippen molar-refractivity contribution in [3.63, 3.8) is 0 Å². The molecule has 4 aliphatic heterocycles. The molecule has 124 valence electrons. The molecular weight excluding hydrogens is 288 g/mol. The van der Waals surface area contributed by atoms with Crippen LogP contribution in [-0.4, -0.2) is 36.4 Å². The molecule has 1 saturated carbocycles. The van der Waals surface area contributed by atoms with E-state index < -0.39 is 23.3 Å². The van der Waals surface area contributed by atoms with Crippen molar-refractivity contribution in [1.82, 2.24) is 0 Å². The summed E-state index contributed by atoms with van der Waals surface area (Å²) >= 11 is 0. The third-order valence-electron chi connectivity index (χ3n) is 6.27. The van der Waals surface area contributed by atoms with Gasteiger partial charge in [-0.25, -0.2) is 9.78 Å². The van der Waals surface area contributed by atoms with Gasteiger partial charge < -0.3 is 14.2 Å². The monoisotopic (exact) mass is 312 g/mol. The average Bonchev–Trinajstić information content (AvgIpc) is 2.59. The summed E-state index contributed by atoms with van der Waals surface area (Å²) in [4.78, 5) is 22.3. The fourth-order valence-electron chi connectivity index (χ4n) is 5.14. The summed E-state index contributed by atoms with van der Waals surface area (Å²) in [5.74, 6) is 0.200. The normalized spacial score (nSPS) is 56.3. The second kappa shape index (κ2) is 4.66. The smallest absolute Gasteiger partial charge is 0.293 e. The van der Waals surface area contributed by atoms with Gasteiger partial charge >= 0.3 is 0 Å². The average molecular weight is 312 g/mol. The minimum Gasteiger partial charge on any atom is -0.465 e. The van der Waals surface area contributed by atoms with Crippen LogP contribution in [0.1, 0.15) is 46.5 Å². The standard InChI is InChI=1S/C16H24O6/c1-10-4-5-12-14(2,8-18-9-17)19-13-16(12)11(10)6-7-15(3,20-13)21-22-16/h9-13H,4-8H2,1-3H3/t10-,11?,12+,13-,14-,15+,16-/m1/s1. The van der Waals surface area contributed by atoms with Crippen LogP contribution >= 0.6 is 0 Å². The van der Waals surface area contributed by atoms with Gasteiger partial charge in [0.2, 0.25) is 5.79 Å². The second-order valence-electron chi connectivity index (χ2n) is 7.69. The van der Waals surface area contributed by atoms with Crippen LogP contribution in [0.25, 0.3) is 0 Å².